The van der Waals surface area contributed by atoms with Crippen molar-refractivity contribution in [3.05, 3.63) is 146 Å². The summed E-state index contributed by atoms with van der Waals surface area (Å²) in [6.45, 7) is 0. The predicted molar refractivity (Wildman–Crippen MR) is 251 cm³/mol. The second kappa shape index (κ2) is 14.7. The Morgan fingerprint density at radius 1 is 0.344 bits per heavy atom. The molecule has 0 saturated heterocycles. The largest absolute Gasteiger partial charge is 0.509 e. The number of rotatable bonds is 6. The molecule has 10 aromatic rings. The third-order valence-corrected chi connectivity index (χ3v) is 11.3. The van der Waals surface area contributed by atoms with Gasteiger partial charge in [-0.1, -0.05) is 155 Å². The van der Waals surface area contributed by atoms with Crippen LogP contribution in [0.15, 0.2) is 146 Å². The Morgan fingerprint density at radius 2 is 0.770 bits per heavy atom. The molecule has 0 amide bonds. The molecular formula is C49H27B5N4O3. The van der Waals surface area contributed by atoms with Gasteiger partial charge in [0.05, 0.1) is 16.7 Å². The number of hydrogen-bond acceptors (Lipinski definition) is 6. The first-order valence-corrected chi connectivity index (χ1v) is 19.3. The number of phenols is 3. The van der Waals surface area contributed by atoms with E-state index in [0.29, 0.717) is 34.1 Å². The minimum absolute atomic E-state index is 0.0265. The first-order chi connectivity index (χ1) is 29.6. The van der Waals surface area contributed by atoms with Crippen LogP contribution in [0.3, 0.4) is 0 Å². The Labute approximate surface area is 357 Å². The van der Waals surface area contributed by atoms with Crippen molar-refractivity contribution in [3.63, 3.8) is 0 Å². The van der Waals surface area contributed by atoms with Crippen LogP contribution < -0.4 is 27.3 Å². The van der Waals surface area contributed by atoms with E-state index in [9.17, 15) is 15.3 Å². The molecule has 2 aromatic heterocycles. The van der Waals surface area contributed by atoms with E-state index in [1.54, 1.807) is 4.57 Å². The summed E-state index contributed by atoms with van der Waals surface area (Å²) in [5.74, 6) is -0.256. The van der Waals surface area contributed by atoms with Crippen molar-refractivity contribution < 1.29 is 15.3 Å². The highest BCUT2D eigenvalue weighted by Gasteiger charge is 2.27. The van der Waals surface area contributed by atoms with Crippen LogP contribution >= 0.6 is 0 Å². The second-order valence-electron chi connectivity index (χ2n) is 14.8. The van der Waals surface area contributed by atoms with Gasteiger partial charge >= 0.3 is 0 Å². The molecule has 0 unspecified atom stereocenters. The maximum absolute atomic E-state index is 11.6. The number of aromatic hydroxyl groups is 3. The van der Waals surface area contributed by atoms with Crippen molar-refractivity contribution >= 4 is 99.1 Å². The smallest absolute Gasteiger partial charge is 0.182 e. The SMILES string of the molecule is [B]c1c(O)c([B])c2c(c1[B])c1c([B])c([B])c(O)c(O)c1n2-c1ccc(-c2nc(-c3ccc(-c4ccccc4)cc3)nc(-c3ccc(-c4ccccc4)cc3)n2)c2ccccc12. The zero-order chi connectivity index (χ0) is 42.1. The molecule has 2 heterocycles. The van der Waals surface area contributed by atoms with Gasteiger partial charge in [-0.2, -0.15) is 0 Å². The molecule has 0 saturated carbocycles. The molecule has 10 rings (SSSR count). The van der Waals surface area contributed by atoms with Crippen LogP contribution in [0.2, 0.25) is 0 Å². The Bertz CT molecular complexity index is 3200. The summed E-state index contributed by atoms with van der Waals surface area (Å²) < 4.78 is 1.60. The minimum Gasteiger partial charge on any atom is -0.509 e. The highest BCUT2D eigenvalue weighted by atomic mass is 16.3. The molecular weight excluding hydrogens is 747 g/mol. The number of phenolic OH excluding ortho intramolecular Hbond substituents is 3. The van der Waals surface area contributed by atoms with E-state index in [1.807, 2.05) is 97.1 Å². The van der Waals surface area contributed by atoms with E-state index in [-0.39, 0.29) is 49.1 Å². The van der Waals surface area contributed by atoms with Crippen LogP contribution in [-0.4, -0.2) is 74.1 Å². The van der Waals surface area contributed by atoms with Gasteiger partial charge in [0.15, 0.2) is 29.0 Å². The van der Waals surface area contributed by atoms with Crippen molar-refractivity contribution in [3.8, 4) is 79.4 Å². The van der Waals surface area contributed by atoms with Crippen molar-refractivity contribution in [2.45, 2.75) is 0 Å². The van der Waals surface area contributed by atoms with E-state index < -0.39 is 17.2 Å². The Morgan fingerprint density at radius 3 is 1.31 bits per heavy atom. The van der Waals surface area contributed by atoms with Crippen LogP contribution in [0.25, 0.3) is 94.7 Å². The van der Waals surface area contributed by atoms with E-state index >= 15 is 0 Å². The first-order valence-electron chi connectivity index (χ1n) is 19.3. The molecule has 0 atom stereocenters. The maximum atomic E-state index is 11.6. The molecule has 3 N–H and O–H groups in total. The summed E-state index contributed by atoms with van der Waals surface area (Å²) in [6.07, 6.45) is 0. The van der Waals surface area contributed by atoms with E-state index in [1.165, 1.54) is 0 Å². The van der Waals surface area contributed by atoms with E-state index in [0.717, 1.165) is 38.8 Å². The Kier molecular flexibility index (Phi) is 9.10. The van der Waals surface area contributed by atoms with Gasteiger partial charge in [0.2, 0.25) is 0 Å². The Balaban J connectivity index is 1.20. The number of nitrogens with zero attached hydrogens (tertiary/aromatic N) is 4. The summed E-state index contributed by atoms with van der Waals surface area (Å²) in [4.78, 5) is 15.2. The minimum atomic E-state index is -0.622. The van der Waals surface area contributed by atoms with Crippen LogP contribution in [0.5, 0.6) is 17.2 Å². The van der Waals surface area contributed by atoms with Crippen LogP contribution in [0, 0.1) is 0 Å². The quantitative estimate of drug-likeness (QED) is 0.152. The highest BCUT2D eigenvalue weighted by Crippen LogP contribution is 2.41. The fraction of sp³-hybridized carbons (Fsp3) is 0. The molecule has 0 aliphatic heterocycles. The molecule has 12 heteroatoms. The monoisotopic (exact) mass is 774 g/mol. The van der Waals surface area contributed by atoms with Crippen LogP contribution in [0.1, 0.15) is 0 Å². The zero-order valence-electron chi connectivity index (χ0n) is 32.4. The summed E-state index contributed by atoms with van der Waals surface area (Å²) in [6, 6.07) is 47.8. The normalized spacial score (nSPS) is 11.5. The molecule has 0 bridgehead atoms. The average molecular weight is 774 g/mol. The van der Waals surface area contributed by atoms with Crippen LogP contribution in [-0.2, 0) is 0 Å². The fourth-order valence-electron chi connectivity index (χ4n) is 8.15. The molecule has 7 nitrogen and oxygen atoms in total. The van der Waals surface area contributed by atoms with Gasteiger partial charge in [-0.15, -0.1) is 0 Å². The summed E-state index contributed by atoms with van der Waals surface area (Å²) in [5.41, 5.74) is 6.74. The fourth-order valence-corrected chi connectivity index (χ4v) is 8.15. The lowest BCUT2D eigenvalue weighted by Crippen LogP contribution is -2.33. The molecule has 8 aromatic carbocycles. The lowest BCUT2D eigenvalue weighted by molar-refractivity contribution is 0.410. The van der Waals surface area contributed by atoms with Crippen molar-refractivity contribution in [1.29, 1.82) is 0 Å². The number of benzene rings is 8. The average Bonchev–Trinajstić information content (AvgIpc) is 3.68. The second-order valence-corrected chi connectivity index (χ2v) is 14.8. The van der Waals surface area contributed by atoms with Gasteiger partial charge < -0.3 is 19.9 Å². The van der Waals surface area contributed by atoms with Gasteiger partial charge in [0.1, 0.15) is 45.0 Å². The number of aromatic nitrogens is 4. The first kappa shape index (κ1) is 37.8. The zero-order valence-corrected chi connectivity index (χ0v) is 32.4. The third-order valence-electron chi connectivity index (χ3n) is 11.3. The van der Waals surface area contributed by atoms with Gasteiger partial charge in [-0.3, -0.25) is 0 Å². The Hall–Kier alpha value is -7.45. The van der Waals surface area contributed by atoms with Crippen molar-refractivity contribution in [1.82, 2.24) is 19.5 Å². The van der Waals surface area contributed by atoms with Gasteiger partial charge in [0, 0.05) is 27.5 Å². The lowest BCUT2D eigenvalue weighted by atomic mass is 9.71. The van der Waals surface area contributed by atoms with E-state index in [4.69, 9.17) is 54.2 Å². The highest BCUT2D eigenvalue weighted by molar-refractivity contribution is 6.62. The standard InChI is InChI=1S/C49H27B5N4O3/c50-37-35-36-38(51)40(53)45(60)46(61)43(36)58(42(35)41(54)44(59)39(37)52)34-24-23-33(31-13-7-8-14-32(31)34)49-56-47(29-19-15-27(16-20-29)25-9-3-1-4-10-25)55-48(57-49)30-21-17-28(18-22-30)26-11-5-2-6-12-26/h1-24,59-61H. The number of fused-ring (bicyclic) bond motifs is 4. The lowest BCUT2D eigenvalue weighted by Gasteiger charge is -2.18. The van der Waals surface area contributed by atoms with Crippen molar-refractivity contribution in [2.24, 2.45) is 0 Å². The summed E-state index contributed by atoms with van der Waals surface area (Å²) in [7, 11) is 32.1. The van der Waals surface area contributed by atoms with Gasteiger partial charge in [0.25, 0.3) is 0 Å². The molecule has 10 radical (unpaired) electrons. The van der Waals surface area contributed by atoms with Gasteiger partial charge in [-0.25, -0.2) is 15.0 Å². The summed E-state index contributed by atoms with van der Waals surface area (Å²) in [5, 5.41) is 35.5. The van der Waals surface area contributed by atoms with Crippen LogP contribution in [0.4, 0.5) is 0 Å². The molecule has 0 aliphatic rings. The molecule has 0 spiro atoms. The topological polar surface area (TPSA) is 104 Å². The molecule has 0 fully saturated rings. The van der Waals surface area contributed by atoms with Gasteiger partial charge in [-0.05, 0) is 50.6 Å². The third kappa shape index (κ3) is 6.09. The molecule has 0 aliphatic carbocycles. The molecule has 276 valence electrons. The predicted octanol–water partition coefficient (Wildman–Crippen LogP) is 5.54. The maximum Gasteiger partial charge on any atom is 0.182 e. The van der Waals surface area contributed by atoms with Crippen molar-refractivity contribution in [2.75, 3.05) is 0 Å². The molecule has 61 heavy (non-hydrogen) atoms. The van der Waals surface area contributed by atoms with E-state index in [2.05, 4.69) is 48.5 Å². The summed E-state index contributed by atoms with van der Waals surface area (Å²) >= 11 is 0. The number of hydrogen-bond donors (Lipinski definition) is 3.